The number of unbranched alkanes of at least 4 members (excludes halogenated alkanes) is 18. The van der Waals surface area contributed by atoms with Gasteiger partial charge in [0.25, 0.3) is 0 Å². The SMILES string of the molecule is CCCCCCc1cc(C)cc(C2(c3cc(CCCCCC)cc(CCCCCC)c3)c3cc(C4=CC=C(/C=C5\C(=O)c6ccccc6[C@@H]5C(C)(C#N)C#N)C(=NS)C4=[NH2+])sc3-c3sc4c5c(sc4c32)-c2sc3cc(-c4ccc(/C=C6\C(=O)c7ccccc7C6=C(C#N)C#N)c6nsnc46)sc3c2C5(c2cc(C)cc(CCCCCC)c2)c2cc(CCCCCC)cc(CCCCCC)c2)c1. The third-order valence-electron chi connectivity index (χ3n) is 29.1. The summed E-state index contributed by atoms with van der Waals surface area (Å²) in [5.74, 6) is -1.30. The number of aromatic nitrogens is 2. The Labute approximate surface area is 832 Å². The highest BCUT2D eigenvalue weighted by Gasteiger charge is 2.57. The maximum Gasteiger partial charge on any atom is 0.232 e. The Bertz CT molecular complexity index is 7210. The molecule has 5 aliphatic rings. The number of rotatable bonds is 39. The maximum atomic E-state index is 14.9. The summed E-state index contributed by atoms with van der Waals surface area (Å²) in [6.45, 7) is 20.2. The first-order valence-corrected chi connectivity index (χ1v) is 55.0. The molecule has 0 saturated carbocycles. The van der Waals surface area contributed by atoms with E-state index in [0.29, 0.717) is 67.0 Å². The number of Topliss-reactive ketones (excluding diaryl/α,β-unsaturated/α-hetero) is 2. The van der Waals surface area contributed by atoms with E-state index in [-0.39, 0.29) is 17.1 Å². The molecule has 0 amide bonds. The van der Waals surface area contributed by atoms with E-state index < -0.39 is 22.2 Å². The quantitative estimate of drug-likeness (QED) is 0.0125. The van der Waals surface area contributed by atoms with Crippen LogP contribution in [-0.2, 0) is 49.4 Å². The normalized spacial score (nSPS) is 17.3. The molecule has 0 radical (unpaired) electrons. The van der Waals surface area contributed by atoms with Gasteiger partial charge >= 0.3 is 0 Å². The molecule has 5 aliphatic carbocycles. The number of nitriles is 4. The van der Waals surface area contributed by atoms with Crippen molar-refractivity contribution in [2.45, 2.75) is 272 Å². The van der Waals surface area contributed by atoms with Crippen LogP contribution in [0.4, 0.5) is 0 Å². The average molecular weight is 1920 g/mol. The number of fused-ring (bicyclic) bond motifs is 14. The number of nitrogens with zero attached hydrogens (tertiary/aromatic N) is 7. The first-order valence-electron chi connectivity index (χ1n) is 49.8. The Hall–Kier alpha value is -10.9. The predicted octanol–water partition coefficient (Wildman–Crippen LogP) is 31.9. The Morgan fingerprint density at radius 3 is 1.45 bits per heavy atom. The third kappa shape index (κ3) is 17.4. The molecule has 0 aliphatic heterocycles. The molecule has 0 saturated heterocycles. The van der Waals surface area contributed by atoms with Gasteiger partial charge in [0.2, 0.25) is 5.71 Å². The van der Waals surface area contributed by atoms with Crippen molar-refractivity contribution in [1.29, 1.82) is 21.0 Å². The van der Waals surface area contributed by atoms with Crippen LogP contribution < -0.4 is 5.41 Å². The highest BCUT2D eigenvalue weighted by atomic mass is 32.1. The van der Waals surface area contributed by atoms with Gasteiger partial charge in [-0.05, 0) is 213 Å². The molecule has 6 heterocycles. The summed E-state index contributed by atoms with van der Waals surface area (Å²) in [6, 6.07) is 63.7. The smallest absolute Gasteiger partial charge is 0.232 e. The number of carbonyl (C=O) groups is 2. The number of aryl methyl sites for hydroxylation is 8. The van der Waals surface area contributed by atoms with Crippen LogP contribution >= 0.6 is 81.2 Å². The predicted molar refractivity (Wildman–Crippen MR) is 576 cm³/mol. The molecule has 0 spiro atoms. The van der Waals surface area contributed by atoms with Gasteiger partial charge in [0.1, 0.15) is 34.5 Å². The highest BCUT2D eigenvalue weighted by molar-refractivity contribution is 7.79. The van der Waals surface area contributed by atoms with E-state index >= 15 is 0 Å². The summed E-state index contributed by atoms with van der Waals surface area (Å²) in [4.78, 5) is 36.7. The zero-order chi connectivity index (χ0) is 94.7. The first-order chi connectivity index (χ1) is 66.4. The average Bonchev–Trinajstić information content (AvgIpc) is 1.47. The lowest BCUT2D eigenvalue weighted by molar-refractivity contribution is -0.108. The summed E-state index contributed by atoms with van der Waals surface area (Å²) in [5.41, 5.74) is 26.3. The molecule has 7 aromatic carbocycles. The molecular formula is C119H119N8O2S7+. The Kier molecular flexibility index (Phi) is 29.0. The zero-order valence-corrected chi connectivity index (χ0v) is 85.7. The van der Waals surface area contributed by atoms with E-state index in [1.54, 1.807) is 25.1 Å². The summed E-state index contributed by atoms with van der Waals surface area (Å²) in [6.07, 6.45) is 41.2. The van der Waals surface area contributed by atoms with E-state index in [4.69, 9.17) is 31.4 Å². The third-order valence-corrected chi connectivity index (χ3v) is 36.3. The molecule has 2 N–H and O–H groups in total. The monoisotopic (exact) mass is 1920 g/mol. The second-order valence-corrected chi connectivity index (χ2v) is 44.5. The molecule has 136 heavy (non-hydrogen) atoms. The van der Waals surface area contributed by atoms with Gasteiger partial charge in [-0.1, -0.05) is 308 Å². The molecule has 0 bridgehead atoms. The van der Waals surface area contributed by atoms with Gasteiger partial charge in [0, 0.05) is 81.6 Å². The minimum Gasteiger partial charge on any atom is -0.289 e. The molecule has 6 aromatic heterocycles. The summed E-state index contributed by atoms with van der Waals surface area (Å²) in [7, 11) is 0. The number of nitrogens with two attached hydrogens (primary N) is 1. The fraction of sp³-hybridized carbons (Fsp3) is 0.361. The van der Waals surface area contributed by atoms with Crippen LogP contribution in [-0.4, -0.2) is 31.7 Å². The number of hydrogen-bond acceptors (Lipinski definition) is 16. The van der Waals surface area contributed by atoms with Crippen molar-refractivity contribution in [2.24, 2.45) is 9.81 Å². The number of ketones is 2. The van der Waals surface area contributed by atoms with E-state index in [2.05, 4.69) is 177 Å². The summed E-state index contributed by atoms with van der Waals surface area (Å²) < 4.78 is 20.1. The van der Waals surface area contributed by atoms with Crippen LogP contribution in [0.15, 0.2) is 191 Å². The largest absolute Gasteiger partial charge is 0.289 e. The lowest BCUT2D eigenvalue weighted by Crippen LogP contribution is -2.46. The second kappa shape index (κ2) is 41.4. The number of benzene rings is 7. The van der Waals surface area contributed by atoms with Crippen molar-refractivity contribution < 1.29 is 15.0 Å². The van der Waals surface area contributed by atoms with Crippen molar-refractivity contribution >= 4 is 151 Å². The minimum atomic E-state index is -1.56. The lowest BCUT2D eigenvalue weighted by Gasteiger charge is -2.35. The Morgan fingerprint density at radius 2 is 0.926 bits per heavy atom. The van der Waals surface area contributed by atoms with Crippen LogP contribution in [0, 0.1) is 64.6 Å². The molecular weight excluding hydrogens is 1800 g/mol. The van der Waals surface area contributed by atoms with Crippen molar-refractivity contribution in [3.63, 3.8) is 0 Å². The number of allylic oxidation sites excluding steroid dienone is 9. The molecule has 10 nitrogen and oxygen atoms in total. The number of carbonyl (C=O) groups excluding carboxylic acids is 2. The van der Waals surface area contributed by atoms with Gasteiger partial charge in [0.05, 0.1) is 73.9 Å². The molecule has 18 rings (SSSR count). The van der Waals surface area contributed by atoms with Gasteiger partial charge in [0.15, 0.2) is 17.0 Å². The topological polar surface area (TPSA) is 193 Å². The van der Waals surface area contributed by atoms with Gasteiger partial charge in [-0.2, -0.15) is 29.8 Å². The van der Waals surface area contributed by atoms with Crippen LogP contribution in [0.3, 0.4) is 0 Å². The molecule has 0 fully saturated rings. The van der Waals surface area contributed by atoms with Gasteiger partial charge in [-0.15, -0.1) is 56.7 Å². The molecule has 17 heteroatoms. The summed E-state index contributed by atoms with van der Waals surface area (Å²) >= 11 is 15.6. The maximum absolute atomic E-state index is 14.9. The van der Waals surface area contributed by atoms with E-state index in [0.717, 1.165) is 179 Å². The van der Waals surface area contributed by atoms with Crippen molar-refractivity contribution in [2.75, 3.05) is 0 Å². The standard InChI is InChI=1S/C119H118N8O2S7/c1-10-16-22-28-38-74-52-72(7)54-83(58-74)118(85-60-76(40-30-24-18-12-3)56-77(61-85)41-31-25-19-13-4)95-66-96(91-50-48-80(105(125-130)104(91)124)65-94-100(117(9,70-122)71-123)88-45-35-37-47-90(88)109(94)129)131-110(95)112-102(118)114-116(134-112)103-115(135-114)113-101(119(103,84-55-73(8)53-75(59-84)39-29-23-17-11-2)86-62-78(42-32-26-20-14-5)57-79(63-86)43-33-27-21-15-6)111-98(133-113)67-97(132-111)92-51-49-81(106-107(92)127-136-126-106)64-93-99(82(68-120)69-121)87-44-34-36-46-89(87)108(93)128/h34-37,44-67,100,124,130H,10-33,38-43H2,1-9H3/p+1/b93-64-,94-65-,124-104?,125-105?/t100-,118?,119?/m0/s1. The minimum absolute atomic E-state index is 0.113. The Balaban J connectivity index is 0.938. The van der Waals surface area contributed by atoms with Crippen molar-refractivity contribution in [3.8, 4) is 54.2 Å². The number of hydrogen-bond donors (Lipinski definition) is 2. The van der Waals surface area contributed by atoms with E-state index in [1.165, 1.54) is 179 Å². The molecule has 688 valence electrons. The van der Waals surface area contributed by atoms with E-state index in [9.17, 15) is 30.6 Å². The molecule has 3 atom stereocenters. The van der Waals surface area contributed by atoms with Gasteiger partial charge in [-0.25, -0.2) is 4.40 Å². The van der Waals surface area contributed by atoms with Crippen molar-refractivity contribution in [1.82, 2.24) is 8.75 Å². The van der Waals surface area contributed by atoms with Crippen LogP contribution in [0.5, 0.6) is 0 Å². The van der Waals surface area contributed by atoms with Crippen LogP contribution in [0.25, 0.3) is 77.0 Å². The van der Waals surface area contributed by atoms with Crippen LogP contribution in [0.2, 0.25) is 0 Å². The van der Waals surface area contributed by atoms with Crippen molar-refractivity contribution in [3.05, 3.63) is 308 Å². The zero-order valence-electron chi connectivity index (χ0n) is 79.9. The molecule has 13 aromatic rings. The number of thiol groups is 1. The first kappa shape index (κ1) is 95.4. The Morgan fingerprint density at radius 1 is 0.463 bits per heavy atom. The fourth-order valence-corrected chi connectivity index (χ4v) is 30.7. The fourth-order valence-electron chi connectivity index (χ4n) is 22.5. The van der Waals surface area contributed by atoms with Gasteiger partial charge < -0.3 is 0 Å². The molecule has 2 unspecified atom stereocenters. The highest BCUT2D eigenvalue weighted by Crippen LogP contribution is 2.72. The number of thiophene rings is 5. The lowest BCUT2D eigenvalue weighted by atomic mass is 9.66. The summed E-state index contributed by atoms with van der Waals surface area (Å²) in [5, 5.41) is 50.3. The van der Waals surface area contributed by atoms with E-state index in [1.807, 2.05) is 111 Å². The van der Waals surface area contributed by atoms with Gasteiger partial charge in [-0.3, -0.25) is 15.0 Å². The van der Waals surface area contributed by atoms with Crippen LogP contribution in [0.1, 0.15) is 340 Å². The second-order valence-electron chi connectivity index (χ2n) is 38.6.